The Morgan fingerprint density at radius 3 is 2.38 bits per heavy atom. The molecule has 1 atom stereocenters. The molecule has 0 fully saturated rings. The number of likely N-dealkylation sites (N-methyl/N-ethyl adjacent to an activating group) is 1. The van der Waals surface area contributed by atoms with E-state index in [4.69, 9.17) is 9.47 Å². The number of ether oxygens (including phenoxy) is 2. The summed E-state index contributed by atoms with van der Waals surface area (Å²) in [5, 5.41) is 2.96. The van der Waals surface area contributed by atoms with Gasteiger partial charge in [0, 0.05) is 12.6 Å². The second-order valence-electron chi connectivity index (χ2n) is 6.11. The zero-order valence-electron chi connectivity index (χ0n) is 15.7. The topological polar surface area (TPSA) is 50.8 Å². The van der Waals surface area contributed by atoms with Crippen molar-refractivity contribution in [1.82, 2.24) is 10.2 Å². The summed E-state index contributed by atoms with van der Waals surface area (Å²) < 4.78 is 10.4. The summed E-state index contributed by atoms with van der Waals surface area (Å²) in [5.41, 5.74) is 2.03. The summed E-state index contributed by atoms with van der Waals surface area (Å²) in [6.07, 6.45) is 3.31. The van der Waals surface area contributed by atoms with E-state index < -0.39 is 0 Å². The second-order valence-corrected chi connectivity index (χ2v) is 6.11. The molecule has 5 nitrogen and oxygen atoms in total. The van der Waals surface area contributed by atoms with Crippen LogP contribution >= 0.6 is 0 Å². The van der Waals surface area contributed by atoms with Crippen LogP contribution in [-0.2, 0) is 4.79 Å². The third kappa shape index (κ3) is 5.63. The molecule has 2 aromatic rings. The number of methoxy groups -OCH3 is 2. The van der Waals surface area contributed by atoms with Crippen LogP contribution in [0.1, 0.15) is 17.2 Å². The van der Waals surface area contributed by atoms with Crippen LogP contribution in [0.3, 0.4) is 0 Å². The van der Waals surface area contributed by atoms with Gasteiger partial charge in [-0.3, -0.25) is 4.79 Å². The molecule has 0 spiro atoms. The van der Waals surface area contributed by atoms with Crippen LogP contribution in [0.4, 0.5) is 0 Å². The SMILES string of the molecule is COc1ccc(C(CNC(=O)/C=C/c2cccc(OC)c2)N(C)C)cc1. The summed E-state index contributed by atoms with van der Waals surface area (Å²) in [5.74, 6) is 1.45. The lowest BCUT2D eigenvalue weighted by molar-refractivity contribution is -0.116. The molecule has 2 rings (SSSR count). The van der Waals surface area contributed by atoms with Gasteiger partial charge in [0.1, 0.15) is 11.5 Å². The Morgan fingerprint density at radius 2 is 1.77 bits per heavy atom. The number of amides is 1. The van der Waals surface area contributed by atoms with Crippen molar-refractivity contribution >= 4 is 12.0 Å². The lowest BCUT2D eigenvalue weighted by Crippen LogP contribution is -2.33. The van der Waals surface area contributed by atoms with Gasteiger partial charge in [-0.25, -0.2) is 0 Å². The number of carbonyl (C=O) groups is 1. The van der Waals surface area contributed by atoms with Crippen LogP contribution in [0.2, 0.25) is 0 Å². The smallest absolute Gasteiger partial charge is 0.244 e. The van der Waals surface area contributed by atoms with Crippen molar-refractivity contribution in [2.24, 2.45) is 0 Å². The highest BCUT2D eigenvalue weighted by Crippen LogP contribution is 2.20. The summed E-state index contributed by atoms with van der Waals surface area (Å²) in [4.78, 5) is 14.2. The fourth-order valence-electron chi connectivity index (χ4n) is 2.60. The molecule has 0 aromatic heterocycles. The summed E-state index contributed by atoms with van der Waals surface area (Å²) in [6, 6.07) is 15.5. The van der Waals surface area contributed by atoms with E-state index in [0.29, 0.717) is 6.54 Å². The molecular formula is C21H26N2O3. The first kappa shape index (κ1) is 19.5. The molecule has 0 aliphatic carbocycles. The quantitative estimate of drug-likeness (QED) is 0.740. The van der Waals surface area contributed by atoms with Gasteiger partial charge in [-0.1, -0.05) is 24.3 Å². The van der Waals surface area contributed by atoms with E-state index in [1.807, 2.05) is 62.6 Å². The van der Waals surface area contributed by atoms with Crippen LogP contribution in [0, 0.1) is 0 Å². The number of hydrogen-bond donors (Lipinski definition) is 1. The minimum absolute atomic E-state index is 0.0788. The molecule has 0 radical (unpaired) electrons. The number of carbonyl (C=O) groups excluding carboxylic acids is 1. The third-order valence-electron chi connectivity index (χ3n) is 4.11. The molecule has 0 bridgehead atoms. The highest BCUT2D eigenvalue weighted by molar-refractivity contribution is 5.91. The van der Waals surface area contributed by atoms with Gasteiger partial charge in [-0.05, 0) is 55.6 Å². The van der Waals surface area contributed by atoms with Crippen LogP contribution in [0.5, 0.6) is 11.5 Å². The van der Waals surface area contributed by atoms with Gasteiger partial charge in [-0.2, -0.15) is 0 Å². The minimum Gasteiger partial charge on any atom is -0.497 e. The average molecular weight is 354 g/mol. The van der Waals surface area contributed by atoms with Crippen molar-refractivity contribution in [2.45, 2.75) is 6.04 Å². The highest BCUT2D eigenvalue weighted by Gasteiger charge is 2.14. The van der Waals surface area contributed by atoms with Crippen molar-refractivity contribution in [3.63, 3.8) is 0 Å². The molecule has 26 heavy (non-hydrogen) atoms. The van der Waals surface area contributed by atoms with Gasteiger partial charge in [-0.15, -0.1) is 0 Å². The monoisotopic (exact) mass is 354 g/mol. The summed E-state index contributed by atoms with van der Waals surface area (Å²) in [7, 11) is 7.25. The Balaban J connectivity index is 1.97. The number of benzene rings is 2. The maximum Gasteiger partial charge on any atom is 0.244 e. The van der Waals surface area contributed by atoms with Gasteiger partial charge >= 0.3 is 0 Å². The Kier molecular flexibility index (Phi) is 7.24. The predicted molar refractivity (Wildman–Crippen MR) is 104 cm³/mol. The van der Waals surface area contributed by atoms with E-state index in [1.165, 1.54) is 6.08 Å². The predicted octanol–water partition coefficient (Wildman–Crippen LogP) is 3.14. The molecule has 1 N–H and O–H groups in total. The Labute approximate surface area is 155 Å². The Bertz CT molecular complexity index is 739. The Morgan fingerprint density at radius 1 is 1.08 bits per heavy atom. The molecule has 1 unspecified atom stereocenters. The van der Waals surface area contributed by atoms with Gasteiger partial charge in [0.25, 0.3) is 0 Å². The fourth-order valence-corrected chi connectivity index (χ4v) is 2.60. The molecule has 0 heterocycles. The van der Waals surface area contributed by atoms with Crippen LogP contribution < -0.4 is 14.8 Å². The molecule has 0 aliphatic heterocycles. The maximum atomic E-state index is 12.2. The second kappa shape index (κ2) is 9.63. The first-order valence-electron chi connectivity index (χ1n) is 8.44. The van der Waals surface area contributed by atoms with Crippen LogP contribution in [0.15, 0.2) is 54.6 Å². The van der Waals surface area contributed by atoms with Crippen LogP contribution in [-0.4, -0.2) is 45.7 Å². The zero-order valence-corrected chi connectivity index (χ0v) is 15.7. The van der Waals surface area contributed by atoms with Gasteiger partial charge in [0.05, 0.1) is 20.3 Å². The molecule has 138 valence electrons. The third-order valence-corrected chi connectivity index (χ3v) is 4.11. The van der Waals surface area contributed by atoms with E-state index in [-0.39, 0.29) is 11.9 Å². The van der Waals surface area contributed by atoms with E-state index in [2.05, 4.69) is 10.2 Å². The average Bonchev–Trinajstić information content (AvgIpc) is 2.67. The van der Waals surface area contributed by atoms with Gasteiger partial charge in [0.15, 0.2) is 0 Å². The number of nitrogens with zero attached hydrogens (tertiary/aromatic N) is 1. The first-order chi connectivity index (χ1) is 12.5. The molecule has 1 amide bonds. The van der Waals surface area contributed by atoms with E-state index in [9.17, 15) is 4.79 Å². The molecular weight excluding hydrogens is 328 g/mol. The summed E-state index contributed by atoms with van der Waals surface area (Å²) >= 11 is 0. The van der Waals surface area contributed by atoms with Crippen molar-refractivity contribution < 1.29 is 14.3 Å². The van der Waals surface area contributed by atoms with E-state index >= 15 is 0 Å². The van der Waals surface area contributed by atoms with Crippen molar-refractivity contribution in [1.29, 1.82) is 0 Å². The lowest BCUT2D eigenvalue weighted by atomic mass is 10.1. The van der Waals surface area contributed by atoms with E-state index in [0.717, 1.165) is 22.6 Å². The Hall–Kier alpha value is -2.79. The maximum absolute atomic E-state index is 12.2. The number of nitrogens with one attached hydrogen (secondary N) is 1. The lowest BCUT2D eigenvalue weighted by Gasteiger charge is -2.25. The van der Waals surface area contributed by atoms with Gasteiger partial charge < -0.3 is 19.7 Å². The fraction of sp³-hybridized carbons (Fsp3) is 0.286. The van der Waals surface area contributed by atoms with Gasteiger partial charge in [0.2, 0.25) is 5.91 Å². The summed E-state index contributed by atoms with van der Waals surface area (Å²) in [6.45, 7) is 0.514. The number of rotatable bonds is 8. The molecule has 2 aromatic carbocycles. The molecule has 0 aliphatic rings. The normalized spacial score (nSPS) is 12.2. The molecule has 0 saturated heterocycles. The first-order valence-corrected chi connectivity index (χ1v) is 8.44. The van der Waals surface area contributed by atoms with Crippen molar-refractivity contribution in [2.75, 3.05) is 34.9 Å². The zero-order chi connectivity index (χ0) is 18.9. The standard InChI is InChI=1S/C21H26N2O3/c1-23(2)20(17-9-11-18(25-3)12-10-17)15-22-21(24)13-8-16-6-5-7-19(14-16)26-4/h5-14,20H,15H2,1-4H3,(H,22,24)/b13-8+. The van der Waals surface area contributed by atoms with Crippen molar-refractivity contribution in [3.8, 4) is 11.5 Å². The largest absolute Gasteiger partial charge is 0.497 e. The molecule has 0 saturated carbocycles. The number of hydrogen-bond acceptors (Lipinski definition) is 4. The van der Waals surface area contributed by atoms with Crippen molar-refractivity contribution in [3.05, 3.63) is 65.7 Å². The van der Waals surface area contributed by atoms with Crippen LogP contribution in [0.25, 0.3) is 6.08 Å². The minimum atomic E-state index is -0.131. The van der Waals surface area contributed by atoms with E-state index in [1.54, 1.807) is 20.3 Å². The highest BCUT2D eigenvalue weighted by atomic mass is 16.5. The molecule has 5 heteroatoms.